The lowest BCUT2D eigenvalue weighted by molar-refractivity contribution is -0.136. The number of rotatable bonds is 3. The van der Waals surface area contributed by atoms with Crippen molar-refractivity contribution in [3.8, 4) is 0 Å². The Bertz CT molecular complexity index is 125. The van der Waals surface area contributed by atoms with Crippen molar-refractivity contribution >= 4 is 44.1 Å². The first kappa shape index (κ1) is 9.10. The van der Waals surface area contributed by atoms with E-state index in [0.717, 1.165) is 0 Å². The zero-order valence-electron chi connectivity index (χ0n) is 4.25. The number of alkyl halides is 2. The van der Waals surface area contributed by atoms with Gasteiger partial charge in [-0.15, -0.1) is 0 Å². The van der Waals surface area contributed by atoms with Crippen molar-refractivity contribution in [2.24, 2.45) is 0 Å². The van der Waals surface area contributed by atoms with Gasteiger partial charge in [0.1, 0.15) is 11.1 Å². The molecule has 0 saturated heterocycles. The van der Waals surface area contributed by atoms with E-state index in [-0.39, 0.29) is 0 Å². The van der Waals surface area contributed by atoms with Crippen molar-refractivity contribution in [3.63, 3.8) is 0 Å². The Hall–Kier alpha value is 0.1000. The number of carboxylic acid groups (broad SMARTS) is 1. The Morgan fingerprint density at radius 1 is 1.56 bits per heavy atom. The summed E-state index contributed by atoms with van der Waals surface area (Å²) in [5.74, 6) is -1.05. The predicted octanol–water partition coefficient (Wildman–Crippen LogP) is 0.797. The molecule has 0 aromatic heterocycles. The molecule has 0 aliphatic heterocycles. The van der Waals surface area contributed by atoms with Gasteiger partial charge in [0, 0.05) is 0 Å². The summed E-state index contributed by atoms with van der Waals surface area (Å²) < 4.78 is 0. The molecule has 3 nitrogen and oxygen atoms in total. The van der Waals surface area contributed by atoms with Crippen LogP contribution in [0.4, 0.5) is 0 Å². The van der Waals surface area contributed by atoms with Crippen LogP contribution in [0.5, 0.6) is 0 Å². The first-order chi connectivity index (χ1) is 4.09. The summed E-state index contributed by atoms with van der Waals surface area (Å²) in [6, 6.07) is 0. The van der Waals surface area contributed by atoms with Gasteiger partial charge in [-0.05, 0) is 0 Å². The lowest BCUT2D eigenvalue weighted by Gasteiger charge is -2.02. The molecule has 0 heterocycles. The monoisotopic (exact) mass is 258 g/mol. The molecule has 0 aromatic carbocycles. The Labute approximate surface area is 68.7 Å². The van der Waals surface area contributed by atoms with Crippen LogP contribution in [0.1, 0.15) is 0 Å². The third-order valence-corrected chi connectivity index (χ3v) is 3.06. The molecular formula is C4H4Br2O3. The molecule has 0 spiro atoms. The van der Waals surface area contributed by atoms with Gasteiger partial charge in [0.05, 0.1) is 4.83 Å². The minimum Gasteiger partial charge on any atom is -0.480 e. The molecule has 0 bridgehead atoms. The largest absolute Gasteiger partial charge is 0.480 e. The quantitative estimate of drug-likeness (QED) is 0.603. The molecule has 9 heavy (non-hydrogen) atoms. The van der Waals surface area contributed by atoms with E-state index >= 15 is 0 Å². The summed E-state index contributed by atoms with van der Waals surface area (Å²) in [6.45, 7) is 0. The van der Waals surface area contributed by atoms with Crippen molar-refractivity contribution in [2.75, 3.05) is 0 Å². The Morgan fingerprint density at radius 2 is 2.00 bits per heavy atom. The highest BCUT2D eigenvalue weighted by Gasteiger charge is 2.21. The summed E-state index contributed by atoms with van der Waals surface area (Å²) in [4.78, 5) is 18.5. The van der Waals surface area contributed by atoms with E-state index in [1.807, 2.05) is 0 Å². The van der Waals surface area contributed by atoms with Crippen molar-refractivity contribution in [2.45, 2.75) is 9.65 Å². The molecule has 0 amide bonds. The SMILES string of the molecule is O=C[C@@H](Br)[C@H](Br)C(=O)O. The van der Waals surface area contributed by atoms with Gasteiger partial charge in [0.25, 0.3) is 0 Å². The molecule has 0 rings (SSSR count). The van der Waals surface area contributed by atoms with Crippen molar-refractivity contribution in [3.05, 3.63) is 0 Å². The lowest BCUT2D eigenvalue weighted by Crippen LogP contribution is -2.24. The molecule has 1 N–H and O–H groups in total. The van der Waals surface area contributed by atoms with Crippen LogP contribution >= 0.6 is 31.9 Å². The highest BCUT2D eigenvalue weighted by molar-refractivity contribution is 9.12. The molecular weight excluding hydrogens is 256 g/mol. The molecule has 52 valence electrons. The van der Waals surface area contributed by atoms with Crippen LogP contribution < -0.4 is 0 Å². The van der Waals surface area contributed by atoms with Crippen LogP contribution in [0.2, 0.25) is 0 Å². The van der Waals surface area contributed by atoms with Crippen LogP contribution in [-0.4, -0.2) is 27.0 Å². The fourth-order valence-electron chi connectivity index (χ4n) is 0.205. The smallest absolute Gasteiger partial charge is 0.318 e. The van der Waals surface area contributed by atoms with Crippen LogP contribution in [0.3, 0.4) is 0 Å². The predicted molar refractivity (Wildman–Crippen MR) is 39.1 cm³/mol. The van der Waals surface area contributed by atoms with Gasteiger partial charge in [-0.3, -0.25) is 4.79 Å². The van der Waals surface area contributed by atoms with Crippen LogP contribution in [0.15, 0.2) is 0 Å². The third kappa shape index (κ3) is 2.95. The zero-order chi connectivity index (χ0) is 7.44. The number of hydrogen-bond donors (Lipinski definition) is 1. The molecule has 0 unspecified atom stereocenters. The minimum absolute atomic E-state index is 0.521. The lowest BCUT2D eigenvalue weighted by atomic mass is 10.3. The van der Waals surface area contributed by atoms with Crippen LogP contribution in [-0.2, 0) is 9.59 Å². The Kier molecular flexibility index (Phi) is 4.05. The maximum Gasteiger partial charge on any atom is 0.318 e. The molecule has 0 saturated carbocycles. The average molecular weight is 260 g/mol. The van der Waals surface area contributed by atoms with Gasteiger partial charge in [0.15, 0.2) is 0 Å². The Balaban J connectivity index is 3.86. The molecule has 5 heteroatoms. The van der Waals surface area contributed by atoms with Gasteiger partial charge in [-0.1, -0.05) is 31.9 Å². The van der Waals surface area contributed by atoms with E-state index in [1.165, 1.54) is 0 Å². The first-order valence-corrected chi connectivity index (χ1v) is 3.89. The molecule has 0 aromatic rings. The standard InChI is InChI=1S/C4H4Br2O3/c5-2(1-7)3(6)4(8)9/h1-3H,(H,8,9)/t2-,3+/m1/s1. The summed E-state index contributed by atoms with van der Waals surface area (Å²) in [5.41, 5.74) is 0. The maximum atomic E-state index is 10.1. The van der Waals surface area contributed by atoms with E-state index in [4.69, 9.17) is 5.11 Å². The molecule has 0 radical (unpaired) electrons. The van der Waals surface area contributed by atoms with Gasteiger partial charge in [-0.2, -0.15) is 0 Å². The second-order valence-corrected chi connectivity index (χ2v) is 3.36. The van der Waals surface area contributed by atoms with Gasteiger partial charge in [0.2, 0.25) is 0 Å². The average Bonchev–Trinajstić information content (AvgIpc) is 1.84. The summed E-state index contributed by atoms with van der Waals surface area (Å²) >= 11 is 5.64. The molecule has 0 aliphatic carbocycles. The van der Waals surface area contributed by atoms with E-state index in [9.17, 15) is 9.59 Å². The fourth-order valence-corrected chi connectivity index (χ4v) is 0.556. The van der Waals surface area contributed by atoms with Gasteiger partial charge >= 0.3 is 5.97 Å². The van der Waals surface area contributed by atoms with E-state index in [2.05, 4.69) is 31.9 Å². The van der Waals surface area contributed by atoms with E-state index in [1.54, 1.807) is 0 Å². The normalized spacial score (nSPS) is 16.2. The van der Waals surface area contributed by atoms with Crippen LogP contribution in [0, 0.1) is 0 Å². The third-order valence-electron chi connectivity index (χ3n) is 0.645. The number of carbonyl (C=O) groups excluding carboxylic acids is 1. The summed E-state index contributed by atoms with van der Waals surface area (Å²) in [6.07, 6.45) is 0.521. The molecule has 0 fully saturated rings. The van der Waals surface area contributed by atoms with Crippen molar-refractivity contribution in [1.82, 2.24) is 0 Å². The number of carboxylic acids is 1. The van der Waals surface area contributed by atoms with Crippen molar-refractivity contribution < 1.29 is 14.7 Å². The zero-order valence-corrected chi connectivity index (χ0v) is 7.42. The summed E-state index contributed by atoms with van der Waals surface area (Å²) in [5, 5.41) is 8.25. The number of halogens is 2. The fraction of sp³-hybridized carbons (Fsp3) is 0.500. The summed E-state index contributed by atoms with van der Waals surface area (Å²) in [7, 11) is 0. The second-order valence-electron chi connectivity index (χ2n) is 1.32. The topological polar surface area (TPSA) is 54.4 Å². The van der Waals surface area contributed by atoms with Gasteiger partial charge < -0.3 is 9.90 Å². The number of aliphatic carboxylic acids is 1. The molecule has 2 atom stereocenters. The van der Waals surface area contributed by atoms with Gasteiger partial charge in [-0.25, -0.2) is 0 Å². The number of hydrogen-bond acceptors (Lipinski definition) is 2. The Morgan fingerprint density at radius 3 is 2.11 bits per heavy atom. The van der Waals surface area contributed by atoms with E-state index in [0.29, 0.717) is 6.29 Å². The highest BCUT2D eigenvalue weighted by Crippen LogP contribution is 2.11. The molecule has 0 aliphatic rings. The maximum absolute atomic E-state index is 10.1. The minimum atomic E-state index is -1.05. The number of aldehydes is 1. The highest BCUT2D eigenvalue weighted by atomic mass is 79.9. The van der Waals surface area contributed by atoms with E-state index < -0.39 is 15.6 Å². The first-order valence-electron chi connectivity index (χ1n) is 2.06. The number of carbonyl (C=O) groups is 2. The van der Waals surface area contributed by atoms with Crippen molar-refractivity contribution in [1.29, 1.82) is 0 Å². The van der Waals surface area contributed by atoms with Crippen LogP contribution in [0.25, 0.3) is 0 Å². The second kappa shape index (κ2) is 4.00.